The number of para-hydroxylation sites is 1. The fourth-order valence-electron chi connectivity index (χ4n) is 2.89. The summed E-state index contributed by atoms with van der Waals surface area (Å²) in [5, 5.41) is 4.05. The lowest BCUT2D eigenvalue weighted by Crippen LogP contribution is -2.19. The van der Waals surface area contributed by atoms with Crippen LogP contribution in [0.1, 0.15) is 22.5 Å². The Morgan fingerprint density at radius 3 is 2.50 bits per heavy atom. The molecule has 1 N–H and O–H groups in total. The van der Waals surface area contributed by atoms with E-state index in [0.717, 1.165) is 28.2 Å². The first-order valence-corrected chi connectivity index (χ1v) is 8.35. The summed E-state index contributed by atoms with van der Waals surface area (Å²) < 4.78 is 15.0. The molecule has 4 nitrogen and oxygen atoms in total. The van der Waals surface area contributed by atoms with Crippen LogP contribution in [-0.2, 0) is 11.2 Å². The predicted octanol–water partition coefficient (Wildman–Crippen LogP) is 3.93. The number of aromatic nitrogens is 1. The lowest BCUT2D eigenvalue weighted by molar-refractivity contribution is -0.120. The van der Waals surface area contributed by atoms with E-state index in [1.165, 1.54) is 12.1 Å². The van der Waals surface area contributed by atoms with Gasteiger partial charge in [0.1, 0.15) is 5.82 Å². The minimum absolute atomic E-state index is 0.153. The van der Waals surface area contributed by atoms with E-state index in [2.05, 4.69) is 15.1 Å². The van der Waals surface area contributed by atoms with Gasteiger partial charge in [0, 0.05) is 22.6 Å². The molecule has 0 bridgehead atoms. The van der Waals surface area contributed by atoms with Gasteiger partial charge in [0.2, 0.25) is 5.91 Å². The number of nitrogens with one attached hydrogen (secondary N) is 1. The van der Waals surface area contributed by atoms with Crippen LogP contribution in [0.4, 0.5) is 4.39 Å². The molecule has 0 aliphatic rings. The topological polar surface area (TPSA) is 46.4 Å². The molecule has 1 aromatic heterocycles. The molecule has 0 unspecified atom stereocenters. The summed E-state index contributed by atoms with van der Waals surface area (Å²) in [6.45, 7) is 4.05. The normalized spacial score (nSPS) is 11.0. The van der Waals surface area contributed by atoms with Gasteiger partial charge in [-0.25, -0.2) is 9.82 Å². The third-order valence-corrected chi connectivity index (χ3v) is 4.16. The Labute approximate surface area is 152 Å². The number of amides is 1. The molecule has 3 rings (SSSR count). The Kier molecular flexibility index (Phi) is 5.27. The van der Waals surface area contributed by atoms with Gasteiger partial charge in [-0.2, -0.15) is 5.10 Å². The zero-order valence-corrected chi connectivity index (χ0v) is 14.7. The Balaban J connectivity index is 1.67. The van der Waals surface area contributed by atoms with E-state index in [1.807, 2.05) is 50.2 Å². The monoisotopic (exact) mass is 349 g/mol. The third-order valence-electron chi connectivity index (χ3n) is 4.16. The molecule has 3 aromatic rings. The standard InChI is InChI=1S/C21H20FN3O/c1-15-12-18(16(2)25(15)20-6-4-3-5-7-20)14-23-24-21(26)13-17-8-10-19(22)11-9-17/h3-12,14H,13H2,1-2H3,(H,24,26)/b23-14-. The summed E-state index contributed by atoms with van der Waals surface area (Å²) in [7, 11) is 0. The van der Waals surface area contributed by atoms with Gasteiger partial charge in [0.25, 0.3) is 0 Å². The molecule has 1 amide bonds. The largest absolute Gasteiger partial charge is 0.318 e. The van der Waals surface area contributed by atoms with Gasteiger partial charge in [0.15, 0.2) is 0 Å². The number of carbonyl (C=O) groups is 1. The second-order valence-electron chi connectivity index (χ2n) is 6.09. The first kappa shape index (κ1) is 17.6. The zero-order valence-electron chi connectivity index (χ0n) is 14.7. The fraction of sp³-hybridized carbons (Fsp3) is 0.143. The SMILES string of the molecule is Cc1cc(/C=N\NC(=O)Cc2ccc(F)cc2)c(C)n1-c1ccccc1. The van der Waals surface area contributed by atoms with Crippen molar-refractivity contribution < 1.29 is 9.18 Å². The summed E-state index contributed by atoms with van der Waals surface area (Å²) in [4.78, 5) is 11.9. The summed E-state index contributed by atoms with van der Waals surface area (Å²) >= 11 is 0. The van der Waals surface area contributed by atoms with E-state index in [-0.39, 0.29) is 18.1 Å². The van der Waals surface area contributed by atoms with Gasteiger partial charge in [0.05, 0.1) is 12.6 Å². The van der Waals surface area contributed by atoms with Crippen molar-refractivity contribution >= 4 is 12.1 Å². The van der Waals surface area contributed by atoms with Crippen LogP contribution in [0.3, 0.4) is 0 Å². The Morgan fingerprint density at radius 1 is 1.12 bits per heavy atom. The molecule has 132 valence electrons. The van der Waals surface area contributed by atoms with Crippen LogP contribution in [0.15, 0.2) is 65.8 Å². The van der Waals surface area contributed by atoms with Crippen molar-refractivity contribution in [2.75, 3.05) is 0 Å². The first-order valence-electron chi connectivity index (χ1n) is 8.35. The smallest absolute Gasteiger partial charge is 0.244 e. The molecule has 0 fully saturated rings. The minimum Gasteiger partial charge on any atom is -0.318 e. The van der Waals surface area contributed by atoms with Gasteiger partial charge in [-0.05, 0) is 49.7 Å². The summed E-state index contributed by atoms with van der Waals surface area (Å²) in [6.07, 6.45) is 1.80. The van der Waals surface area contributed by atoms with Crippen LogP contribution in [0.5, 0.6) is 0 Å². The van der Waals surface area contributed by atoms with Crippen molar-refractivity contribution in [1.29, 1.82) is 0 Å². The van der Waals surface area contributed by atoms with Crippen LogP contribution in [0.2, 0.25) is 0 Å². The highest BCUT2D eigenvalue weighted by Gasteiger charge is 2.09. The maximum Gasteiger partial charge on any atom is 0.244 e. The highest BCUT2D eigenvalue weighted by atomic mass is 19.1. The molecule has 0 aliphatic heterocycles. The number of rotatable bonds is 5. The second-order valence-corrected chi connectivity index (χ2v) is 6.09. The van der Waals surface area contributed by atoms with Gasteiger partial charge >= 0.3 is 0 Å². The maximum atomic E-state index is 12.9. The van der Waals surface area contributed by atoms with E-state index in [9.17, 15) is 9.18 Å². The molecule has 5 heteroatoms. The molecule has 0 saturated heterocycles. The number of hydrogen-bond acceptors (Lipinski definition) is 2. The quantitative estimate of drug-likeness (QED) is 0.551. The van der Waals surface area contributed by atoms with Crippen molar-refractivity contribution in [3.63, 3.8) is 0 Å². The summed E-state index contributed by atoms with van der Waals surface area (Å²) in [6, 6.07) is 18.0. The average Bonchev–Trinajstić information content (AvgIpc) is 2.91. The fourth-order valence-corrected chi connectivity index (χ4v) is 2.89. The first-order chi connectivity index (χ1) is 12.5. The van der Waals surface area contributed by atoms with E-state index >= 15 is 0 Å². The molecule has 2 aromatic carbocycles. The number of hydrogen-bond donors (Lipinski definition) is 1. The summed E-state index contributed by atoms with van der Waals surface area (Å²) in [5.41, 5.74) is 7.42. The van der Waals surface area contributed by atoms with E-state index in [4.69, 9.17) is 0 Å². The lowest BCUT2D eigenvalue weighted by atomic mass is 10.1. The second kappa shape index (κ2) is 7.78. The van der Waals surface area contributed by atoms with E-state index < -0.39 is 0 Å². The van der Waals surface area contributed by atoms with E-state index in [0.29, 0.717) is 0 Å². The highest BCUT2D eigenvalue weighted by molar-refractivity contribution is 5.84. The van der Waals surface area contributed by atoms with Crippen LogP contribution in [0.25, 0.3) is 5.69 Å². The number of benzene rings is 2. The van der Waals surface area contributed by atoms with Crippen LogP contribution < -0.4 is 5.43 Å². The molecule has 26 heavy (non-hydrogen) atoms. The molecular weight excluding hydrogens is 329 g/mol. The molecule has 1 heterocycles. The number of nitrogens with zero attached hydrogens (tertiary/aromatic N) is 2. The van der Waals surface area contributed by atoms with Crippen molar-refractivity contribution in [3.05, 3.63) is 89.0 Å². The summed E-state index contributed by atoms with van der Waals surface area (Å²) in [5.74, 6) is -0.564. The van der Waals surface area contributed by atoms with Gasteiger partial charge in [-0.15, -0.1) is 0 Å². The lowest BCUT2D eigenvalue weighted by Gasteiger charge is -2.08. The van der Waals surface area contributed by atoms with Gasteiger partial charge in [-0.1, -0.05) is 30.3 Å². The zero-order chi connectivity index (χ0) is 18.5. The Hall–Kier alpha value is -3.21. The van der Waals surface area contributed by atoms with Crippen LogP contribution >= 0.6 is 0 Å². The van der Waals surface area contributed by atoms with Gasteiger partial charge in [-0.3, -0.25) is 4.79 Å². The molecule has 0 atom stereocenters. The minimum atomic E-state index is -0.319. The number of aryl methyl sites for hydroxylation is 1. The van der Waals surface area contributed by atoms with Crippen molar-refractivity contribution in [1.82, 2.24) is 9.99 Å². The Morgan fingerprint density at radius 2 is 1.81 bits per heavy atom. The maximum absolute atomic E-state index is 12.9. The van der Waals surface area contributed by atoms with Crippen molar-refractivity contribution in [2.24, 2.45) is 5.10 Å². The number of hydrazone groups is 1. The van der Waals surface area contributed by atoms with E-state index in [1.54, 1.807) is 18.3 Å². The Bertz CT molecular complexity index is 928. The third kappa shape index (κ3) is 4.06. The van der Waals surface area contributed by atoms with Crippen LogP contribution in [-0.4, -0.2) is 16.7 Å². The van der Waals surface area contributed by atoms with Crippen LogP contribution in [0, 0.1) is 19.7 Å². The molecular formula is C21H20FN3O. The predicted molar refractivity (Wildman–Crippen MR) is 101 cm³/mol. The number of carbonyl (C=O) groups excluding carboxylic acids is 1. The van der Waals surface area contributed by atoms with Crippen molar-refractivity contribution in [3.8, 4) is 5.69 Å². The molecule has 0 spiro atoms. The highest BCUT2D eigenvalue weighted by Crippen LogP contribution is 2.19. The molecule has 0 radical (unpaired) electrons. The average molecular weight is 349 g/mol. The molecule has 0 saturated carbocycles. The van der Waals surface area contributed by atoms with Gasteiger partial charge < -0.3 is 4.57 Å². The molecule has 0 aliphatic carbocycles. The van der Waals surface area contributed by atoms with Crippen molar-refractivity contribution in [2.45, 2.75) is 20.3 Å². The number of halogens is 1.